The second kappa shape index (κ2) is 24.2. The number of rotatable bonds is 27. The third-order valence-electron chi connectivity index (χ3n) is 7.97. The molecule has 0 saturated heterocycles. The standard InChI is InChI=1S/3C5H3N11O10/c3*6-10-8-3-2(12(17)18)4(13(19)20)9-11(3)7-1-5(14(21)22,15(23)24)16(25)26/h3*7H,1H2. The Morgan fingerprint density at radius 3 is 0.628 bits per heavy atom. The summed E-state index contributed by atoms with van der Waals surface area (Å²) in [5.41, 5.74) is 25.4. The van der Waals surface area contributed by atoms with Crippen molar-refractivity contribution in [3.8, 4) is 0 Å². The number of nitro groups is 15. The van der Waals surface area contributed by atoms with E-state index >= 15 is 0 Å². The van der Waals surface area contributed by atoms with Crippen LogP contribution in [0.15, 0.2) is 15.3 Å². The van der Waals surface area contributed by atoms with Crippen LogP contribution in [-0.4, -0.2) is 141 Å². The van der Waals surface area contributed by atoms with Crippen LogP contribution in [0, 0.1) is 152 Å². The van der Waals surface area contributed by atoms with Crippen LogP contribution in [-0.2, 0) is 0 Å². The molecular weight excluding hydrogens is 1120 g/mol. The highest BCUT2D eigenvalue weighted by atomic mass is 16.8. The van der Waals surface area contributed by atoms with Gasteiger partial charge in [0.25, 0.3) is 37.1 Å². The molecule has 0 aliphatic carbocycles. The van der Waals surface area contributed by atoms with Crippen molar-refractivity contribution in [1.82, 2.24) is 29.7 Å². The second-order valence-electron chi connectivity index (χ2n) is 12.0. The maximum Gasteiger partial charge on any atom is 0.718 e. The van der Waals surface area contributed by atoms with Gasteiger partial charge in [-0.05, 0) is 46.7 Å². The fraction of sp³-hybridized carbons (Fsp3) is 0.400. The van der Waals surface area contributed by atoms with Crippen molar-refractivity contribution in [2.45, 2.75) is 17.4 Å². The summed E-state index contributed by atoms with van der Waals surface area (Å²) in [5, 5.41) is 179. The maximum atomic E-state index is 10.9. The first-order valence-corrected chi connectivity index (χ1v) is 16.9. The molecule has 0 fully saturated rings. The molecule has 63 nitrogen and oxygen atoms in total. The summed E-state index contributed by atoms with van der Waals surface area (Å²) < 4.78 is 0. The van der Waals surface area contributed by atoms with E-state index in [4.69, 9.17) is 16.6 Å². The summed E-state index contributed by atoms with van der Waals surface area (Å²) >= 11 is 0. The van der Waals surface area contributed by atoms with Crippen molar-refractivity contribution < 1.29 is 73.8 Å². The van der Waals surface area contributed by atoms with Gasteiger partial charge in [0.1, 0.15) is 0 Å². The first kappa shape index (κ1) is 62.0. The van der Waals surface area contributed by atoms with Crippen molar-refractivity contribution in [3.63, 3.8) is 0 Å². The average Bonchev–Trinajstić information content (AvgIpc) is 3.99. The Hall–Kier alpha value is -14.0. The Morgan fingerprint density at radius 2 is 0.513 bits per heavy atom. The van der Waals surface area contributed by atoms with Crippen molar-refractivity contribution in [2.24, 2.45) is 15.3 Å². The number of hydrogen-bond donors (Lipinski definition) is 3. The van der Waals surface area contributed by atoms with E-state index in [1.807, 2.05) is 0 Å². The molecule has 414 valence electrons. The summed E-state index contributed by atoms with van der Waals surface area (Å²) in [5.74, 6) is -20.3. The lowest BCUT2D eigenvalue weighted by atomic mass is 10.4. The molecule has 3 aromatic rings. The lowest BCUT2D eigenvalue weighted by Gasteiger charge is -2.09. The molecule has 3 aromatic heterocycles. The third kappa shape index (κ3) is 11.9. The molecule has 3 N–H and O–H groups in total. The van der Waals surface area contributed by atoms with Crippen LogP contribution in [0.4, 0.5) is 52.0 Å². The first-order chi connectivity index (χ1) is 36.0. The molecule has 63 heteroatoms. The highest BCUT2D eigenvalue weighted by Crippen LogP contribution is 2.38. The molecule has 0 aliphatic heterocycles. The minimum Gasteiger partial charge on any atom is -0.358 e. The van der Waals surface area contributed by atoms with E-state index in [0.29, 0.717) is 0 Å². The van der Waals surface area contributed by atoms with Gasteiger partial charge in [-0.2, -0.15) is 0 Å². The van der Waals surface area contributed by atoms with Crippen LogP contribution in [0.25, 0.3) is 31.3 Å². The first-order valence-electron chi connectivity index (χ1n) is 16.9. The highest BCUT2D eigenvalue weighted by Gasteiger charge is 2.72. The summed E-state index contributed by atoms with van der Waals surface area (Å²) in [6, 6.07) is 0. The predicted molar refractivity (Wildman–Crippen MR) is 217 cm³/mol. The van der Waals surface area contributed by atoms with E-state index in [9.17, 15) is 152 Å². The van der Waals surface area contributed by atoms with Gasteiger partial charge in [-0.15, -0.1) is 0 Å². The maximum absolute atomic E-state index is 10.9. The van der Waals surface area contributed by atoms with Gasteiger partial charge in [-0.25, -0.2) is 0 Å². The minimum absolute atomic E-state index is 0.0821. The monoisotopic (exact) mass is 1130 g/mol. The molecule has 0 aromatic carbocycles. The van der Waals surface area contributed by atoms with E-state index in [0.717, 1.165) is 0 Å². The zero-order valence-corrected chi connectivity index (χ0v) is 35.3. The number of azide groups is 3. The molecule has 3 rings (SSSR count). The average molecular weight is 1130 g/mol. The third-order valence-corrected chi connectivity index (χ3v) is 7.97. The van der Waals surface area contributed by atoms with E-state index < -0.39 is 163 Å². The molecule has 0 amide bonds. The van der Waals surface area contributed by atoms with E-state index in [2.05, 4.69) is 45.4 Å². The van der Waals surface area contributed by atoms with E-state index in [-0.39, 0.29) is 14.4 Å². The Labute approximate surface area is 407 Å². The summed E-state index contributed by atoms with van der Waals surface area (Å²) in [4.78, 5) is 143. The van der Waals surface area contributed by atoms with Crippen LogP contribution in [0.5, 0.6) is 0 Å². The minimum atomic E-state index is -4.05. The lowest BCUT2D eigenvalue weighted by Crippen LogP contribution is -2.58. The quantitative estimate of drug-likeness (QED) is 0.0206. The molecule has 0 radical (unpaired) electrons. The normalized spacial score (nSPS) is 10.5. The van der Waals surface area contributed by atoms with Gasteiger partial charge in [0.2, 0.25) is 0 Å². The zero-order valence-electron chi connectivity index (χ0n) is 35.3. The van der Waals surface area contributed by atoms with E-state index in [1.54, 1.807) is 16.3 Å². The molecule has 0 saturated carbocycles. The summed E-state index contributed by atoms with van der Waals surface area (Å²) in [7, 11) is 0. The molecule has 0 aliphatic rings. The number of hydrogen-bond acceptors (Lipinski definition) is 39. The Kier molecular flexibility index (Phi) is 19.2. The van der Waals surface area contributed by atoms with Crippen LogP contribution in [0.1, 0.15) is 0 Å². The Balaban J connectivity index is 0.000000585. The molecule has 0 spiro atoms. The van der Waals surface area contributed by atoms with Crippen molar-refractivity contribution >= 4 is 52.0 Å². The van der Waals surface area contributed by atoms with Gasteiger partial charge in [-0.3, -0.25) is 138 Å². The van der Waals surface area contributed by atoms with Gasteiger partial charge in [0.15, 0.2) is 44.3 Å². The molecule has 0 unspecified atom stereocenters. The highest BCUT2D eigenvalue weighted by molar-refractivity contribution is 5.64. The SMILES string of the molecule is [N-]=[N+]=Nc1c([N+](=O)[O-])c([N+](=O)[O-])nn1NCC([N+](=O)[O-])([N+](=O)[O-])[N+](=O)[O-].[N-]=[N+]=Nc1c([N+](=O)[O-])c([N+](=O)[O-])nn1NCC([N+](=O)[O-])([N+](=O)[O-])[N+](=O)[O-].[N-]=[N+]=Nc1c([N+](=O)[O-])c([N+](=O)[O-])nn1NCC([N+](=O)[O-])([N+](=O)[O-])[N+](=O)[O-]. The zero-order chi connectivity index (χ0) is 60.7. The fourth-order valence-electron chi connectivity index (χ4n) is 4.48. The molecule has 3 heterocycles. The van der Waals surface area contributed by atoms with Gasteiger partial charge in [-0.1, -0.05) is 14.4 Å². The summed E-state index contributed by atoms with van der Waals surface area (Å²) in [6.45, 7) is -5.28. The summed E-state index contributed by atoms with van der Waals surface area (Å²) in [6.07, 6.45) is 0. The van der Waals surface area contributed by atoms with Crippen molar-refractivity contribution in [2.75, 3.05) is 35.9 Å². The van der Waals surface area contributed by atoms with Crippen molar-refractivity contribution in [1.29, 1.82) is 0 Å². The van der Waals surface area contributed by atoms with Gasteiger partial charge >= 0.3 is 51.9 Å². The lowest BCUT2D eigenvalue weighted by molar-refractivity contribution is -0.965. The number of aromatic nitrogens is 6. The fourth-order valence-corrected chi connectivity index (χ4v) is 4.48. The van der Waals surface area contributed by atoms with Crippen LogP contribution in [0.2, 0.25) is 0 Å². The van der Waals surface area contributed by atoms with Gasteiger partial charge < -0.3 is 30.3 Å². The van der Waals surface area contributed by atoms with Crippen LogP contribution >= 0.6 is 0 Å². The topological polar surface area (TPSA) is 883 Å². The molecule has 0 atom stereocenters. The molecular formula is C15H9N33O30. The van der Waals surface area contributed by atoms with Crippen LogP contribution in [0.3, 0.4) is 0 Å². The van der Waals surface area contributed by atoms with Gasteiger partial charge in [0.05, 0.1) is 30.1 Å². The van der Waals surface area contributed by atoms with Crippen LogP contribution < -0.4 is 16.3 Å². The van der Waals surface area contributed by atoms with Crippen molar-refractivity contribution in [3.05, 3.63) is 183 Å². The molecule has 0 bridgehead atoms. The smallest absolute Gasteiger partial charge is 0.358 e. The Morgan fingerprint density at radius 1 is 0.346 bits per heavy atom. The number of nitrogens with zero attached hydrogens (tertiary/aromatic N) is 30. The number of nitrogens with one attached hydrogen (secondary N) is 3. The second-order valence-corrected chi connectivity index (χ2v) is 12.0. The van der Waals surface area contributed by atoms with E-state index in [1.165, 1.54) is 0 Å². The largest absolute Gasteiger partial charge is 0.718 e. The van der Waals surface area contributed by atoms with Gasteiger partial charge in [0, 0.05) is 14.7 Å². The predicted octanol–water partition coefficient (Wildman–Crippen LogP) is -0.994. The molecule has 78 heavy (non-hydrogen) atoms. The Bertz CT molecular complexity index is 2820.